The van der Waals surface area contributed by atoms with Crippen molar-refractivity contribution in [1.29, 1.82) is 0 Å². The number of hydrogen-bond donors (Lipinski definition) is 1. The Morgan fingerprint density at radius 2 is 1.36 bits per heavy atom. The van der Waals surface area contributed by atoms with Crippen molar-refractivity contribution in [3.05, 3.63) is 0 Å². The second kappa shape index (κ2) is 23.5. The smallest absolute Gasteiger partial charge is 0.406 e. The Morgan fingerprint density at radius 3 is 1.68 bits per heavy atom. The van der Waals surface area contributed by atoms with Gasteiger partial charge in [-0.05, 0) is 47.7 Å². The maximum atomic E-state index is 10.4. The number of alkyl carbamates (subject to hydrolysis) is 1. The van der Waals surface area contributed by atoms with Gasteiger partial charge < -0.3 is 23.3 Å². The first kappa shape index (κ1) is 29.3. The van der Waals surface area contributed by atoms with E-state index < -0.39 is 18.3 Å². The number of ether oxygens (including phenoxy) is 1. The normalized spacial score (nSPS) is 10.6. The molecular weight excluding hydrogens is 362 g/mol. The Morgan fingerprint density at radius 1 is 0.880 bits per heavy atom. The second-order valence-corrected chi connectivity index (χ2v) is 9.39. The van der Waals surface area contributed by atoms with Crippen LogP contribution in [0.25, 0.3) is 0 Å². The van der Waals surface area contributed by atoms with E-state index in [0.29, 0.717) is 19.4 Å². The van der Waals surface area contributed by atoms with E-state index in [1.165, 1.54) is 7.11 Å². The van der Waals surface area contributed by atoms with Gasteiger partial charge >= 0.3 is 14.7 Å². The number of hydrogen-bond acceptors (Lipinski definition) is 7. The van der Waals surface area contributed by atoms with Crippen molar-refractivity contribution in [3.8, 4) is 0 Å². The molecule has 0 aromatic heterocycles. The maximum absolute atomic E-state index is 10.4. The molecule has 0 aliphatic rings. The molecule has 0 spiro atoms. The van der Waals surface area contributed by atoms with E-state index in [0.717, 1.165) is 19.8 Å². The summed E-state index contributed by atoms with van der Waals surface area (Å²) in [7, 11) is -0.911. The highest BCUT2D eigenvalue weighted by atomic mass is 28.4. The molecule has 1 amide bonds. The monoisotopic (exact) mass is 401 g/mol. The van der Waals surface area contributed by atoms with Crippen molar-refractivity contribution in [2.45, 2.75) is 47.7 Å². The molecule has 0 aromatic rings. The average Bonchev–Trinajstić information content (AvgIpc) is 2.57. The van der Waals surface area contributed by atoms with Gasteiger partial charge in [-0.2, -0.15) is 0 Å². The molecule has 0 aliphatic carbocycles. The van der Waals surface area contributed by atoms with E-state index in [1.807, 2.05) is 34.6 Å². The quantitative estimate of drug-likeness (QED) is 0.246. The second-order valence-electron chi connectivity index (χ2n) is 4.69. The van der Waals surface area contributed by atoms with Gasteiger partial charge in [0, 0.05) is 26.0 Å². The molecular formula is C15H39NO7Si2. The third kappa shape index (κ3) is 31.7. The first-order valence-electron chi connectivity index (χ1n) is 8.76. The summed E-state index contributed by atoms with van der Waals surface area (Å²) in [6.45, 7) is 17.3. The van der Waals surface area contributed by atoms with Crippen LogP contribution in [0.3, 0.4) is 0 Å². The van der Waals surface area contributed by atoms with Gasteiger partial charge in [-0.3, -0.25) is 0 Å². The number of nitrogens with one attached hydrogen (secondary N) is 1. The molecule has 0 fully saturated rings. The molecule has 10 heteroatoms. The van der Waals surface area contributed by atoms with Crippen LogP contribution < -0.4 is 5.32 Å². The predicted octanol–water partition coefficient (Wildman–Crippen LogP) is 2.16. The molecule has 1 N–H and O–H groups in total. The summed E-state index contributed by atoms with van der Waals surface area (Å²) in [6.07, 6.45) is 0.257. The standard InChI is InChI=1S/C6H16O2Si.C5H13NO3Si.C4H10O2/c1-5-7-9(3,4)8-6-2;1-3-9-10-4-6-5(7)8-2;1-3-5-6-4-2/h5-6H2,1-4H3;3-4,10H2,1-2H3,(H,6,7);3-4H2,1-2H3. The van der Waals surface area contributed by atoms with E-state index in [9.17, 15) is 4.79 Å². The SMILES string of the molecule is CCOOCC.CCO[SiH2]CNC(=O)OC.CCO[Si](C)(C)OCC. The van der Waals surface area contributed by atoms with E-state index >= 15 is 0 Å². The predicted molar refractivity (Wildman–Crippen MR) is 105 cm³/mol. The highest BCUT2D eigenvalue weighted by Gasteiger charge is 2.22. The minimum atomic E-state index is -1.70. The third-order valence-electron chi connectivity index (χ3n) is 2.21. The zero-order chi connectivity index (χ0) is 20.0. The van der Waals surface area contributed by atoms with Gasteiger partial charge in [0.1, 0.15) is 0 Å². The van der Waals surface area contributed by atoms with Gasteiger partial charge in [0.15, 0.2) is 9.76 Å². The van der Waals surface area contributed by atoms with Crippen LogP contribution in [0.4, 0.5) is 4.79 Å². The largest absolute Gasteiger partial charge is 0.453 e. The van der Waals surface area contributed by atoms with Crippen molar-refractivity contribution < 1.29 is 32.6 Å². The Labute approximate surface area is 157 Å². The van der Waals surface area contributed by atoms with Gasteiger partial charge in [-0.25, -0.2) is 14.6 Å². The zero-order valence-electron chi connectivity index (χ0n) is 17.3. The van der Waals surface area contributed by atoms with Gasteiger partial charge in [0.05, 0.1) is 20.3 Å². The van der Waals surface area contributed by atoms with Crippen molar-refractivity contribution in [2.75, 3.05) is 46.3 Å². The molecule has 0 bridgehead atoms. The summed E-state index contributed by atoms with van der Waals surface area (Å²) in [5.41, 5.74) is 0. The summed E-state index contributed by atoms with van der Waals surface area (Å²) in [6, 6.07) is 0. The Kier molecular flexibility index (Phi) is 27.5. The molecule has 0 saturated carbocycles. The topological polar surface area (TPSA) is 84.5 Å². The summed E-state index contributed by atoms with van der Waals surface area (Å²) < 4.78 is 20.2. The minimum Gasteiger partial charge on any atom is -0.453 e. The fourth-order valence-corrected chi connectivity index (χ4v) is 3.56. The molecule has 0 radical (unpaired) electrons. The van der Waals surface area contributed by atoms with Crippen LogP contribution in [0.5, 0.6) is 0 Å². The summed E-state index contributed by atoms with van der Waals surface area (Å²) in [4.78, 5) is 19.4. The minimum absolute atomic E-state index is 0.382. The van der Waals surface area contributed by atoms with E-state index in [2.05, 4.69) is 32.9 Å². The number of rotatable bonds is 11. The summed E-state index contributed by atoms with van der Waals surface area (Å²) >= 11 is 0. The van der Waals surface area contributed by atoms with E-state index in [1.54, 1.807) is 0 Å². The number of amides is 1. The summed E-state index contributed by atoms with van der Waals surface area (Å²) in [5, 5.41) is 2.54. The van der Waals surface area contributed by atoms with Gasteiger partial charge in [0.2, 0.25) is 0 Å². The van der Waals surface area contributed by atoms with Crippen molar-refractivity contribution in [2.24, 2.45) is 0 Å². The highest BCUT2D eigenvalue weighted by molar-refractivity contribution is 6.64. The van der Waals surface area contributed by atoms with Crippen LogP contribution in [-0.4, -0.2) is 70.7 Å². The van der Waals surface area contributed by atoms with Crippen LogP contribution in [0.15, 0.2) is 0 Å². The van der Waals surface area contributed by atoms with E-state index in [4.69, 9.17) is 13.3 Å². The Bertz CT molecular complexity index is 260. The molecule has 0 saturated heterocycles. The average molecular weight is 402 g/mol. The van der Waals surface area contributed by atoms with Crippen molar-refractivity contribution in [1.82, 2.24) is 5.32 Å². The number of carbonyl (C=O) groups is 1. The fourth-order valence-electron chi connectivity index (χ4n) is 1.35. The summed E-state index contributed by atoms with van der Waals surface area (Å²) in [5.74, 6) is 0. The van der Waals surface area contributed by atoms with Crippen LogP contribution in [0.2, 0.25) is 13.1 Å². The molecule has 154 valence electrons. The lowest BCUT2D eigenvalue weighted by molar-refractivity contribution is -0.287. The molecule has 0 aliphatic heterocycles. The first-order valence-corrected chi connectivity index (χ1v) is 13.2. The molecule has 0 aromatic carbocycles. The highest BCUT2D eigenvalue weighted by Crippen LogP contribution is 2.04. The molecule has 25 heavy (non-hydrogen) atoms. The van der Waals surface area contributed by atoms with Gasteiger partial charge in [-0.15, -0.1) is 0 Å². The van der Waals surface area contributed by atoms with Crippen LogP contribution >= 0.6 is 0 Å². The lowest BCUT2D eigenvalue weighted by Crippen LogP contribution is -2.34. The Hall–Kier alpha value is -0.496. The fraction of sp³-hybridized carbons (Fsp3) is 0.933. The third-order valence-corrected chi connectivity index (χ3v) is 5.33. The van der Waals surface area contributed by atoms with Crippen molar-refractivity contribution >= 4 is 24.4 Å². The van der Waals surface area contributed by atoms with E-state index in [-0.39, 0.29) is 6.09 Å². The first-order chi connectivity index (χ1) is 11.8. The molecule has 0 rings (SSSR count). The lowest BCUT2D eigenvalue weighted by Gasteiger charge is -2.20. The molecule has 0 unspecified atom stereocenters. The van der Waals surface area contributed by atoms with Gasteiger partial charge in [0.25, 0.3) is 0 Å². The van der Waals surface area contributed by atoms with Crippen LogP contribution in [-0.2, 0) is 27.8 Å². The lowest BCUT2D eigenvalue weighted by atomic mass is 10.9. The number of carbonyl (C=O) groups excluding carboxylic acids is 1. The van der Waals surface area contributed by atoms with Crippen LogP contribution in [0.1, 0.15) is 34.6 Å². The molecule has 0 atom stereocenters. The zero-order valence-corrected chi connectivity index (χ0v) is 19.7. The molecule has 8 nitrogen and oxygen atoms in total. The molecule has 0 heterocycles. The van der Waals surface area contributed by atoms with Crippen molar-refractivity contribution in [3.63, 3.8) is 0 Å². The van der Waals surface area contributed by atoms with Gasteiger partial charge in [-0.1, -0.05) is 0 Å². The van der Waals surface area contributed by atoms with Crippen LogP contribution in [0, 0.1) is 0 Å². The number of methoxy groups -OCH3 is 1. The maximum Gasteiger partial charge on any atom is 0.406 e. The Balaban J connectivity index is -0.000000300.